The van der Waals surface area contributed by atoms with Crippen molar-refractivity contribution >= 4 is 28.9 Å². The van der Waals surface area contributed by atoms with E-state index in [4.69, 9.17) is 0 Å². The molecule has 0 aliphatic heterocycles. The van der Waals surface area contributed by atoms with Crippen molar-refractivity contribution in [3.05, 3.63) is 0 Å². The van der Waals surface area contributed by atoms with Crippen molar-refractivity contribution in [3.8, 4) is 0 Å². The van der Waals surface area contributed by atoms with Gasteiger partial charge >= 0.3 is 69.4 Å². The summed E-state index contributed by atoms with van der Waals surface area (Å²) in [6, 6.07) is 0. The van der Waals surface area contributed by atoms with E-state index in [1.165, 1.54) is 23.7 Å². The quantitative estimate of drug-likeness (QED) is 0.547. The van der Waals surface area contributed by atoms with Crippen molar-refractivity contribution in [1.29, 1.82) is 0 Å². The Morgan fingerprint density at radius 2 is 1.78 bits per heavy atom. The molecule has 9 heavy (non-hydrogen) atoms. The zero-order valence-corrected chi connectivity index (χ0v) is 11.1. The second-order valence-electron chi connectivity index (χ2n) is 3.18. The fourth-order valence-electron chi connectivity index (χ4n) is 0.795. The van der Waals surface area contributed by atoms with Gasteiger partial charge in [0.2, 0.25) is 0 Å². The Kier molecular flexibility index (Phi) is 5.71. The number of unbranched alkanes of at least 4 members (excludes halogenated alkanes) is 2. The van der Waals surface area contributed by atoms with E-state index in [2.05, 4.69) is 29.5 Å². The molecule has 0 atom stereocenters. The summed E-state index contributed by atoms with van der Waals surface area (Å²) >= 11 is 2.30. The first-order valence-electron chi connectivity index (χ1n) is 3.75. The molecule has 0 rings (SSSR count). The molecule has 0 spiro atoms. The molecule has 0 N–H and O–H groups in total. The summed E-state index contributed by atoms with van der Waals surface area (Å²) in [5.41, 5.74) is 0. The standard InChI is InChI=1S/C5H11.2CH3.BrH.Sn/c1-3-5-4-2;;;;/h1,3-5H2,2H3;2*1H3;1H;/q;;;;+1/p-1. The summed E-state index contributed by atoms with van der Waals surface area (Å²) in [6.07, 6.45) is 4.23. The van der Waals surface area contributed by atoms with E-state index in [1.807, 2.05) is 0 Å². The van der Waals surface area contributed by atoms with Crippen molar-refractivity contribution < 1.29 is 0 Å². The van der Waals surface area contributed by atoms with Crippen molar-refractivity contribution in [2.45, 2.75) is 40.5 Å². The molecule has 2 heteroatoms. The van der Waals surface area contributed by atoms with Gasteiger partial charge in [-0.25, -0.2) is 0 Å². The number of hydrogen-bond donors (Lipinski definition) is 0. The summed E-state index contributed by atoms with van der Waals surface area (Å²) < 4.78 is 1.50. The molecule has 0 unspecified atom stereocenters. The van der Waals surface area contributed by atoms with Gasteiger partial charge in [-0.3, -0.25) is 0 Å². The Hall–Kier alpha value is 1.28. The topological polar surface area (TPSA) is 0 Å². The molecule has 0 bridgehead atoms. The van der Waals surface area contributed by atoms with Crippen LogP contribution in [0.3, 0.4) is 0 Å². The fourth-order valence-corrected chi connectivity index (χ4v) is 5.79. The van der Waals surface area contributed by atoms with E-state index in [0.29, 0.717) is 0 Å². The molecule has 0 saturated carbocycles. The molecule has 0 heterocycles. The third-order valence-electron chi connectivity index (χ3n) is 1.37. The zero-order valence-electron chi connectivity index (χ0n) is 6.71. The molecule has 0 aromatic carbocycles. The van der Waals surface area contributed by atoms with Crippen LogP contribution in [0, 0.1) is 0 Å². The third kappa shape index (κ3) is 9.28. The normalized spacial score (nSPS) is 12.0. The number of hydrogen-bond acceptors (Lipinski definition) is 0. The van der Waals surface area contributed by atoms with Crippen LogP contribution in [-0.2, 0) is 0 Å². The van der Waals surface area contributed by atoms with E-state index in [-0.39, 0.29) is 0 Å². The summed E-state index contributed by atoms with van der Waals surface area (Å²) in [5.74, 6) is 0. The van der Waals surface area contributed by atoms with Gasteiger partial charge in [0.15, 0.2) is 0 Å². The van der Waals surface area contributed by atoms with Gasteiger partial charge in [0.05, 0.1) is 0 Å². The maximum atomic E-state index is 3.82. The summed E-state index contributed by atoms with van der Waals surface area (Å²) in [5, 5.41) is 0. The van der Waals surface area contributed by atoms with Crippen molar-refractivity contribution in [2.24, 2.45) is 0 Å². The number of rotatable bonds is 4. The van der Waals surface area contributed by atoms with Crippen LogP contribution < -0.4 is 0 Å². The first-order chi connectivity index (χ1) is 4.06. The third-order valence-corrected chi connectivity index (χ3v) is 8.44. The average Bonchev–Trinajstić information content (AvgIpc) is 1.63. The van der Waals surface area contributed by atoms with Gasteiger partial charge in [0.25, 0.3) is 0 Å². The van der Waals surface area contributed by atoms with E-state index < -0.39 is 16.2 Å². The monoisotopic (exact) mass is 300 g/mol. The Balaban J connectivity index is 3.07. The predicted molar refractivity (Wildman–Crippen MR) is 50.7 cm³/mol. The van der Waals surface area contributed by atoms with Gasteiger partial charge in [-0.2, -0.15) is 0 Å². The first kappa shape index (κ1) is 10.3. The Bertz CT molecular complexity index is 65.8. The van der Waals surface area contributed by atoms with Gasteiger partial charge < -0.3 is 0 Å². The molecule has 0 nitrogen and oxygen atoms in total. The van der Waals surface area contributed by atoms with Crippen LogP contribution in [0.25, 0.3) is 0 Å². The molecule has 0 radical (unpaired) electrons. The van der Waals surface area contributed by atoms with Crippen molar-refractivity contribution in [3.63, 3.8) is 0 Å². The zero-order chi connectivity index (χ0) is 7.33. The summed E-state index contributed by atoms with van der Waals surface area (Å²) in [7, 11) is 0. The van der Waals surface area contributed by atoms with Gasteiger partial charge in [0, 0.05) is 0 Å². The summed E-state index contributed by atoms with van der Waals surface area (Å²) in [6.45, 7) is 2.26. The van der Waals surface area contributed by atoms with E-state index in [9.17, 15) is 0 Å². The molecule has 0 aliphatic carbocycles. The minimum absolute atomic E-state index is 1.36. The molecular weight excluding hydrogens is 283 g/mol. The Morgan fingerprint density at radius 3 is 2.11 bits per heavy atom. The van der Waals surface area contributed by atoms with Crippen LogP contribution in [-0.4, -0.2) is 16.2 Å². The second-order valence-corrected chi connectivity index (χ2v) is 28.8. The van der Waals surface area contributed by atoms with Crippen molar-refractivity contribution in [2.75, 3.05) is 0 Å². The average molecular weight is 300 g/mol. The molecule has 0 amide bonds. The van der Waals surface area contributed by atoms with Crippen molar-refractivity contribution in [1.82, 2.24) is 0 Å². The van der Waals surface area contributed by atoms with Gasteiger partial charge in [-0.15, -0.1) is 0 Å². The summed E-state index contributed by atoms with van der Waals surface area (Å²) in [4.78, 5) is 4.87. The number of halogens is 1. The Labute approximate surface area is 69.0 Å². The van der Waals surface area contributed by atoms with E-state index in [1.54, 1.807) is 0 Å². The Morgan fingerprint density at radius 1 is 1.22 bits per heavy atom. The molecule has 0 aromatic rings. The second kappa shape index (κ2) is 5.00. The van der Waals surface area contributed by atoms with Crippen LogP contribution in [0.2, 0.25) is 14.3 Å². The molecule has 56 valence electrons. The molecule has 0 saturated heterocycles. The SMILES string of the molecule is CCCC[CH2][Sn]([CH3])([CH3])[Br]. The van der Waals surface area contributed by atoms with Crippen LogP contribution in [0.1, 0.15) is 26.2 Å². The molecule has 0 aromatic heterocycles. The predicted octanol–water partition coefficient (Wildman–Crippen LogP) is 3.78. The van der Waals surface area contributed by atoms with Crippen LogP contribution in [0.4, 0.5) is 0 Å². The van der Waals surface area contributed by atoms with Gasteiger partial charge in [-0.1, -0.05) is 0 Å². The fraction of sp³-hybridized carbons (Fsp3) is 1.00. The van der Waals surface area contributed by atoms with Gasteiger partial charge in [0.1, 0.15) is 0 Å². The molecular formula is C7H17BrSn. The van der Waals surface area contributed by atoms with Crippen LogP contribution in [0.15, 0.2) is 0 Å². The molecule has 0 fully saturated rings. The minimum atomic E-state index is -1.52. The van der Waals surface area contributed by atoms with E-state index >= 15 is 0 Å². The first-order valence-corrected chi connectivity index (χ1v) is 17.9. The molecule has 0 aliphatic rings. The van der Waals surface area contributed by atoms with Crippen LogP contribution in [0.5, 0.6) is 0 Å². The van der Waals surface area contributed by atoms with Gasteiger partial charge in [-0.05, 0) is 0 Å². The van der Waals surface area contributed by atoms with Crippen LogP contribution >= 0.6 is 12.7 Å². The van der Waals surface area contributed by atoms with E-state index in [0.717, 1.165) is 0 Å². The maximum absolute atomic E-state index is 3.82.